The normalized spacial score (nSPS) is 19.2. The van der Waals surface area contributed by atoms with Gasteiger partial charge in [0.15, 0.2) is 0 Å². The Morgan fingerprint density at radius 1 is 0.848 bits per heavy atom. The van der Waals surface area contributed by atoms with Crippen molar-refractivity contribution >= 4 is 50.7 Å². The van der Waals surface area contributed by atoms with Gasteiger partial charge in [0.05, 0.1) is 17.0 Å². The van der Waals surface area contributed by atoms with Gasteiger partial charge in [-0.2, -0.15) is 4.31 Å². The molecule has 0 aromatic heterocycles. The molecule has 0 unspecified atom stereocenters. The van der Waals surface area contributed by atoms with Gasteiger partial charge in [0.2, 0.25) is 15.9 Å². The van der Waals surface area contributed by atoms with Crippen molar-refractivity contribution in [3.05, 3.63) is 111 Å². The number of carbonyl (C=O) groups is 1. The first-order valence-electron chi connectivity index (χ1n) is 9.98. The van der Waals surface area contributed by atoms with Crippen molar-refractivity contribution in [3.63, 3.8) is 0 Å². The lowest BCUT2D eigenvalue weighted by Crippen LogP contribution is -2.43. The summed E-state index contributed by atoms with van der Waals surface area (Å²) in [6.45, 7) is 0. The van der Waals surface area contributed by atoms with Gasteiger partial charge >= 0.3 is 0 Å². The van der Waals surface area contributed by atoms with Crippen LogP contribution in [0.5, 0.6) is 0 Å². The number of rotatable bonds is 5. The number of hydrogen-bond donors (Lipinski definition) is 1. The quantitative estimate of drug-likeness (QED) is 0.451. The Balaban J connectivity index is 1.98. The molecule has 1 aliphatic heterocycles. The van der Waals surface area contributed by atoms with Crippen LogP contribution in [0.25, 0.3) is 0 Å². The number of hydrogen-bond acceptors (Lipinski definition) is 3. The Bertz CT molecular complexity index is 1340. The highest BCUT2D eigenvalue weighted by molar-refractivity contribution is 7.89. The molecule has 1 amide bonds. The van der Waals surface area contributed by atoms with Crippen molar-refractivity contribution in [1.29, 1.82) is 0 Å². The van der Waals surface area contributed by atoms with Crippen molar-refractivity contribution in [2.75, 3.05) is 0 Å². The van der Waals surface area contributed by atoms with E-state index >= 15 is 0 Å². The molecule has 4 rings (SSSR count). The molecule has 2 atom stereocenters. The molecule has 0 spiro atoms. The van der Waals surface area contributed by atoms with Gasteiger partial charge in [0.25, 0.3) is 0 Å². The Labute approximate surface area is 207 Å². The monoisotopic (exact) mass is 520 g/mol. The minimum Gasteiger partial charge on any atom is -0.366 e. The molecule has 0 saturated carbocycles. The summed E-state index contributed by atoms with van der Waals surface area (Å²) in [4.78, 5) is 12.5. The van der Waals surface area contributed by atoms with Crippen LogP contribution in [0, 0.1) is 0 Å². The first-order valence-corrected chi connectivity index (χ1v) is 12.6. The van der Waals surface area contributed by atoms with E-state index in [2.05, 4.69) is 0 Å². The van der Waals surface area contributed by atoms with Crippen molar-refractivity contribution in [3.8, 4) is 0 Å². The zero-order valence-corrected chi connectivity index (χ0v) is 20.2. The lowest BCUT2D eigenvalue weighted by molar-refractivity contribution is -0.115. The molecule has 0 saturated heterocycles. The minimum atomic E-state index is -4.13. The number of nitrogens with zero attached hydrogens (tertiary/aromatic N) is 1. The summed E-state index contributed by atoms with van der Waals surface area (Å²) in [6.07, 6.45) is 1.93. The van der Waals surface area contributed by atoms with Gasteiger partial charge in [-0.05, 0) is 66.1 Å². The van der Waals surface area contributed by atoms with E-state index in [0.29, 0.717) is 26.2 Å². The van der Waals surface area contributed by atoms with Crippen LogP contribution in [0.3, 0.4) is 0 Å². The first kappa shape index (κ1) is 23.8. The molecular weight excluding hydrogens is 503 g/mol. The summed E-state index contributed by atoms with van der Waals surface area (Å²) in [5.41, 5.74) is 7.09. The third kappa shape index (κ3) is 4.81. The number of nitrogens with two attached hydrogens (primary N) is 1. The lowest BCUT2D eigenvalue weighted by Gasteiger charge is -2.41. The SMILES string of the molecule is NC(=O)C1=CC[C@@H](c2cccc(Cl)c2)N(S(=O)(=O)c2ccc(Cl)cc2)[C@H]1c1cccc(Cl)c1. The molecule has 1 aliphatic rings. The number of amides is 1. The fourth-order valence-electron chi connectivity index (χ4n) is 4.04. The molecule has 3 aromatic rings. The van der Waals surface area contributed by atoms with E-state index in [1.165, 1.54) is 28.6 Å². The van der Waals surface area contributed by atoms with E-state index in [9.17, 15) is 13.2 Å². The van der Waals surface area contributed by atoms with Crippen molar-refractivity contribution in [2.24, 2.45) is 5.73 Å². The predicted molar refractivity (Wildman–Crippen MR) is 131 cm³/mol. The molecule has 2 N–H and O–H groups in total. The Morgan fingerprint density at radius 3 is 2.00 bits per heavy atom. The average Bonchev–Trinajstić information content (AvgIpc) is 2.78. The van der Waals surface area contributed by atoms with Gasteiger partial charge in [0, 0.05) is 20.6 Å². The number of halogens is 3. The third-order valence-corrected chi connectivity index (χ3v) is 8.10. The van der Waals surface area contributed by atoms with E-state index < -0.39 is 28.0 Å². The van der Waals surface area contributed by atoms with Crippen LogP contribution in [0.4, 0.5) is 0 Å². The minimum absolute atomic E-state index is 0.0386. The molecule has 170 valence electrons. The van der Waals surface area contributed by atoms with Crippen LogP contribution in [-0.2, 0) is 14.8 Å². The summed E-state index contributed by atoms with van der Waals surface area (Å²) in [5, 5.41) is 1.29. The van der Waals surface area contributed by atoms with Gasteiger partial charge in [-0.3, -0.25) is 4.79 Å². The average molecular weight is 522 g/mol. The molecular formula is C24H19Cl3N2O3S. The molecule has 1 heterocycles. The van der Waals surface area contributed by atoms with E-state index in [0.717, 1.165) is 0 Å². The van der Waals surface area contributed by atoms with E-state index in [-0.39, 0.29) is 16.9 Å². The van der Waals surface area contributed by atoms with Crippen LogP contribution in [0.15, 0.2) is 89.3 Å². The zero-order chi connectivity index (χ0) is 23.8. The molecule has 5 nitrogen and oxygen atoms in total. The van der Waals surface area contributed by atoms with Gasteiger partial charge in [-0.1, -0.05) is 65.1 Å². The lowest BCUT2D eigenvalue weighted by atomic mass is 9.89. The van der Waals surface area contributed by atoms with Crippen molar-refractivity contribution in [1.82, 2.24) is 4.31 Å². The topological polar surface area (TPSA) is 80.5 Å². The molecule has 0 aliphatic carbocycles. The number of benzene rings is 3. The summed E-state index contributed by atoms with van der Waals surface area (Å²) in [7, 11) is -4.13. The largest absolute Gasteiger partial charge is 0.366 e. The summed E-state index contributed by atoms with van der Waals surface area (Å²) in [5.74, 6) is -0.708. The highest BCUT2D eigenvalue weighted by Gasteiger charge is 2.44. The van der Waals surface area contributed by atoms with E-state index in [1.54, 1.807) is 54.6 Å². The van der Waals surface area contributed by atoms with Crippen LogP contribution in [0.1, 0.15) is 29.6 Å². The summed E-state index contributed by atoms with van der Waals surface area (Å²) in [6, 6.07) is 18.0. The predicted octanol–water partition coefficient (Wildman–Crippen LogP) is 5.94. The van der Waals surface area contributed by atoms with Gasteiger partial charge in [-0.15, -0.1) is 0 Å². The fourth-order valence-corrected chi connectivity index (χ4v) is 6.34. The number of primary amides is 1. The highest BCUT2D eigenvalue weighted by Crippen LogP contribution is 2.46. The molecule has 3 aromatic carbocycles. The fraction of sp³-hybridized carbons (Fsp3) is 0.125. The second-order valence-corrected chi connectivity index (χ2v) is 10.7. The van der Waals surface area contributed by atoms with Gasteiger partial charge < -0.3 is 5.73 Å². The molecule has 0 bridgehead atoms. The maximum atomic E-state index is 14.0. The Hall–Kier alpha value is -2.35. The second kappa shape index (κ2) is 9.49. The maximum Gasteiger partial charge on any atom is 0.246 e. The van der Waals surface area contributed by atoms with Crippen LogP contribution >= 0.6 is 34.8 Å². The zero-order valence-electron chi connectivity index (χ0n) is 17.2. The molecule has 9 heteroatoms. The van der Waals surface area contributed by atoms with E-state index in [1.807, 2.05) is 0 Å². The van der Waals surface area contributed by atoms with Gasteiger partial charge in [0.1, 0.15) is 0 Å². The standard InChI is InChI=1S/C24H19Cl3N2O3S/c25-17-7-9-20(10-8-17)33(31,32)29-22(15-3-1-5-18(26)13-15)12-11-21(24(28)30)23(29)16-4-2-6-19(27)14-16/h1-11,13-14,22-23H,12H2,(H2,28,30)/t22-,23-/m0/s1. The first-order chi connectivity index (χ1) is 15.7. The highest BCUT2D eigenvalue weighted by atomic mass is 35.5. The third-order valence-electron chi connectivity index (χ3n) is 5.49. The van der Waals surface area contributed by atoms with E-state index in [4.69, 9.17) is 40.5 Å². The molecule has 0 fully saturated rings. The summed E-state index contributed by atoms with van der Waals surface area (Å²) < 4.78 is 29.4. The smallest absolute Gasteiger partial charge is 0.246 e. The molecule has 0 radical (unpaired) electrons. The Morgan fingerprint density at radius 2 is 1.42 bits per heavy atom. The van der Waals surface area contributed by atoms with Crippen LogP contribution in [0.2, 0.25) is 15.1 Å². The number of sulfonamides is 1. The number of carbonyl (C=O) groups excluding carboxylic acids is 1. The van der Waals surface area contributed by atoms with Crippen LogP contribution in [-0.4, -0.2) is 18.6 Å². The maximum absolute atomic E-state index is 14.0. The summed E-state index contributed by atoms with van der Waals surface area (Å²) >= 11 is 18.4. The van der Waals surface area contributed by atoms with Gasteiger partial charge in [-0.25, -0.2) is 8.42 Å². The molecule has 33 heavy (non-hydrogen) atoms. The van der Waals surface area contributed by atoms with Crippen molar-refractivity contribution in [2.45, 2.75) is 23.4 Å². The Kier molecular flexibility index (Phi) is 6.84. The van der Waals surface area contributed by atoms with Crippen molar-refractivity contribution < 1.29 is 13.2 Å². The van der Waals surface area contributed by atoms with Crippen LogP contribution < -0.4 is 5.73 Å². The second-order valence-electron chi connectivity index (χ2n) is 7.58.